The van der Waals surface area contributed by atoms with Crippen LogP contribution in [0.25, 0.3) is 0 Å². The molecule has 0 aromatic rings. The molecule has 0 fully saturated rings. The molecule has 2 amide bonds. The van der Waals surface area contributed by atoms with Crippen molar-refractivity contribution in [2.24, 2.45) is 5.92 Å². The first-order valence-electron chi connectivity index (χ1n) is 12.2. The van der Waals surface area contributed by atoms with E-state index in [0.29, 0.717) is 19.4 Å². The Balaban J connectivity index is 3.21. The van der Waals surface area contributed by atoms with E-state index in [9.17, 15) is 19.2 Å². The van der Waals surface area contributed by atoms with Gasteiger partial charge in [-0.05, 0) is 52.7 Å². The molecule has 2 N–H and O–H groups in total. The topological polar surface area (TPSA) is 117 Å². The van der Waals surface area contributed by atoms with Crippen LogP contribution in [0.3, 0.4) is 0 Å². The number of carbonyl (C=O) groups excluding carboxylic acids is 4. The molecular formula is C25H44N4O6. The van der Waals surface area contributed by atoms with Crippen LogP contribution < -0.4 is 10.6 Å². The summed E-state index contributed by atoms with van der Waals surface area (Å²) in [6.07, 6.45) is 2.84. The molecule has 1 aliphatic rings. The van der Waals surface area contributed by atoms with Crippen molar-refractivity contribution < 1.29 is 28.7 Å². The van der Waals surface area contributed by atoms with Crippen LogP contribution in [0.15, 0.2) is 12.2 Å². The fraction of sp³-hybridized carbons (Fsp3) is 0.760. The molecule has 0 radical (unpaired) electrons. The summed E-state index contributed by atoms with van der Waals surface area (Å²) < 4.78 is 10.4. The Morgan fingerprint density at radius 3 is 1.89 bits per heavy atom. The second kappa shape index (κ2) is 13.6. The van der Waals surface area contributed by atoms with Crippen LogP contribution in [-0.4, -0.2) is 97.6 Å². The van der Waals surface area contributed by atoms with E-state index < -0.39 is 23.3 Å². The highest BCUT2D eigenvalue weighted by Crippen LogP contribution is 2.20. The molecule has 10 heteroatoms. The van der Waals surface area contributed by atoms with Crippen molar-refractivity contribution in [3.63, 3.8) is 0 Å². The zero-order valence-corrected chi connectivity index (χ0v) is 22.6. The second-order valence-corrected chi connectivity index (χ2v) is 10.2. The first kappa shape index (κ1) is 30.6. The highest BCUT2D eigenvalue weighted by molar-refractivity contribution is 5.93. The number of Topliss-reactive ketones (excluding diaryl/α,β-unsaturated/α-hetero) is 2. The summed E-state index contributed by atoms with van der Waals surface area (Å²) in [6.45, 7) is 11.7. The van der Waals surface area contributed by atoms with Gasteiger partial charge in [0.05, 0.1) is 17.6 Å². The van der Waals surface area contributed by atoms with Gasteiger partial charge in [-0.25, -0.2) is 9.59 Å². The van der Waals surface area contributed by atoms with Crippen molar-refractivity contribution in [3.05, 3.63) is 12.2 Å². The highest BCUT2D eigenvalue weighted by Gasteiger charge is 2.39. The molecule has 10 nitrogen and oxygen atoms in total. The van der Waals surface area contributed by atoms with E-state index in [4.69, 9.17) is 9.47 Å². The molecule has 0 aliphatic carbocycles. The molecule has 0 aromatic carbocycles. The van der Waals surface area contributed by atoms with E-state index in [0.717, 1.165) is 0 Å². The first-order chi connectivity index (χ1) is 16.2. The molecule has 0 saturated heterocycles. The number of rotatable bonds is 4. The third kappa shape index (κ3) is 9.60. The van der Waals surface area contributed by atoms with Crippen LogP contribution >= 0.6 is 0 Å². The number of nitrogens with one attached hydrogen (secondary N) is 2. The summed E-state index contributed by atoms with van der Waals surface area (Å²) in [5, 5.41) is 6.52. The normalized spacial score (nSPS) is 27.7. The zero-order chi connectivity index (χ0) is 26.8. The maximum absolute atomic E-state index is 13.4. The number of ether oxygens (including phenoxy) is 2. The predicted octanol–water partition coefficient (Wildman–Crippen LogP) is 2.37. The van der Waals surface area contributed by atoms with Crippen molar-refractivity contribution in [2.75, 3.05) is 46.9 Å². The van der Waals surface area contributed by atoms with Gasteiger partial charge in [0.25, 0.3) is 0 Å². The van der Waals surface area contributed by atoms with Crippen molar-refractivity contribution in [1.82, 2.24) is 20.4 Å². The van der Waals surface area contributed by atoms with E-state index in [1.807, 2.05) is 34.6 Å². The number of nitrogens with zero attached hydrogens (tertiary/aromatic N) is 2. The molecule has 1 rings (SSSR count). The van der Waals surface area contributed by atoms with Gasteiger partial charge >= 0.3 is 12.2 Å². The Morgan fingerprint density at radius 2 is 1.43 bits per heavy atom. The lowest BCUT2D eigenvalue weighted by Gasteiger charge is -2.36. The molecule has 0 spiro atoms. The van der Waals surface area contributed by atoms with E-state index in [-0.39, 0.29) is 49.8 Å². The number of hydrogen-bond donors (Lipinski definition) is 2. The van der Waals surface area contributed by atoms with Gasteiger partial charge in [0.1, 0.15) is 13.2 Å². The fourth-order valence-electron chi connectivity index (χ4n) is 3.90. The molecule has 200 valence electrons. The van der Waals surface area contributed by atoms with Crippen LogP contribution in [0.1, 0.15) is 54.4 Å². The number of carbonyl (C=O) groups is 4. The van der Waals surface area contributed by atoms with Gasteiger partial charge in [-0.15, -0.1) is 0 Å². The zero-order valence-electron chi connectivity index (χ0n) is 22.6. The van der Waals surface area contributed by atoms with Gasteiger partial charge in [-0.3, -0.25) is 14.9 Å². The third-order valence-electron chi connectivity index (χ3n) is 6.22. The van der Waals surface area contributed by atoms with Gasteiger partial charge in [0, 0.05) is 39.1 Å². The average molecular weight is 497 g/mol. The summed E-state index contributed by atoms with van der Waals surface area (Å²) in [5.41, 5.74) is -1.94. The number of cyclic esters (lactones) is 2. The Hall–Kier alpha value is -2.46. The minimum atomic E-state index is -1.01. The molecule has 0 aromatic heterocycles. The van der Waals surface area contributed by atoms with E-state index in [1.54, 1.807) is 33.2 Å². The Bertz CT molecular complexity index is 784. The summed E-state index contributed by atoms with van der Waals surface area (Å²) >= 11 is 0. The van der Waals surface area contributed by atoms with Crippen molar-refractivity contribution in [3.8, 4) is 0 Å². The van der Waals surface area contributed by atoms with Gasteiger partial charge in [0.15, 0.2) is 11.6 Å². The molecule has 0 saturated carbocycles. The molecule has 0 bridgehead atoms. The minimum Gasteiger partial charge on any atom is -0.445 e. The van der Waals surface area contributed by atoms with E-state index in [2.05, 4.69) is 10.6 Å². The predicted molar refractivity (Wildman–Crippen MR) is 134 cm³/mol. The fourth-order valence-corrected chi connectivity index (χ4v) is 3.90. The largest absolute Gasteiger partial charge is 0.445 e. The van der Waals surface area contributed by atoms with Crippen LogP contribution in [0.5, 0.6) is 0 Å². The number of ketones is 2. The third-order valence-corrected chi connectivity index (χ3v) is 6.22. The maximum Gasteiger partial charge on any atom is 0.409 e. The molecular weight excluding hydrogens is 452 g/mol. The first-order valence-corrected chi connectivity index (χ1v) is 12.2. The lowest BCUT2D eigenvalue weighted by molar-refractivity contribution is -0.129. The SMILES string of the molecule is CC(C)N[C@]1(C)CCN(C)C(=O)OC/C=C/COC(=O)N(C)CC[C@](C)(C(=O)C(C)C)NCC1=O. The van der Waals surface area contributed by atoms with Crippen LogP contribution in [-0.2, 0) is 19.1 Å². The van der Waals surface area contributed by atoms with Gasteiger partial charge < -0.3 is 24.6 Å². The monoisotopic (exact) mass is 496 g/mol. The molecule has 1 heterocycles. The maximum atomic E-state index is 13.4. The average Bonchev–Trinajstić information content (AvgIpc) is 2.79. The van der Waals surface area contributed by atoms with Gasteiger partial charge in [0.2, 0.25) is 0 Å². The lowest BCUT2D eigenvalue weighted by atomic mass is 9.84. The molecule has 2 atom stereocenters. The Kier molecular flexibility index (Phi) is 11.9. The standard InChI is InChI=1S/C25H44N4O6/c1-18(2)21(31)25(6)12-14-29(8)23(33)35-16-10-9-15-34-22(32)28(7)13-11-24(5,27-19(3)4)20(30)17-26-25/h9-10,18-19,26-27H,11-17H2,1-8H3/b10-9+/t24-,25-/m1/s1. The number of hydrogen-bond acceptors (Lipinski definition) is 8. The Labute approximate surface area is 209 Å². The van der Waals surface area contributed by atoms with E-state index in [1.165, 1.54) is 9.80 Å². The van der Waals surface area contributed by atoms with Gasteiger partial charge in [-0.2, -0.15) is 0 Å². The Morgan fingerprint density at radius 1 is 0.943 bits per heavy atom. The summed E-state index contributed by atoms with van der Waals surface area (Å²) in [4.78, 5) is 54.0. The number of amides is 2. The molecule has 35 heavy (non-hydrogen) atoms. The summed E-state index contributed by atoms with van der Waals surface area (Å²) in [7, 11) is 3.21. The van der Waals surface area contributed by atoms with E-state index >= 15 is 0 Å². The summed E-state index contributed by atoms with van der Waals surface area (Å²) in [6, 6.07) is 0.0243. The minimum absolute atomic E-state index is 0.0243. The van der Waals surface area contributed by atoms with Crippen molar-refractivity contribution in [1.29, 1.82) is 0 Å². The smallest absolute Gasteiger partial charge is 0.409 e. The van der Waals surface area contributed by atoms with Crippen LogP contribution in [0.4, 0.5) is 9.59 Å². The van der Waals surface area contributed by atoms with Crippen molar-refractivity contribution in [2.45, 2.75) is 71.5 Å². The quantitative estimate of drug-likeness (QED) is 0.570. The van der Waals surface area contributed by atoms with Crippen LogP contribution in [0.2, 0.25) is 0 Å². The lowest BCUT2D eigenvalue weighted by Crippen LogP contribution is -2.60. The summed E-state index contributed by atoms with van der Waals surface area (Å²) in [5.74, 6) is -0.419. The van der Waals surface area contributed by atoms with Crippen LogP contribution in [0, 0.1) is 5.92 Å². The molecule has 1 aliphatic heterocycles. The second-order valence-electron chi connectivity index (χ2n) is 10.2. The van der Waals surface area contributed by atoms with Gasteiger partial charge in [-0.1, -0.05) is 13.8 Å². The van der Waals surface area contributed by atoms with Crippen molar-refractivity contribution >= 4 is 23.8 Å². The molecule has 0 unspecified atom stereocenters. The highest BCUT2D eigenvalue weighted by atomic mass is 16.6.